The molecule has 0 aliphatic carbocycles. The maximum absolute atomic E-state index is 12.8. The molecule has 6 heteroatoms. The van der Waals surface area contributed by atoms with Crippen molar-refractivity contribution in [3.63, 3.8) is 0 Å². The number of aliphatic imine (C=N–C) groups is 1. The van der Waals surface area contributed by atoms with Crippen LogP contribution in [0.2, 0.25) is 0 Å². The van der Waals surface area contributed by atoms with E-state index in [0.717, 1.165) is 15.6 Å². The average Bonchev–Trinajstić information content (AvgIpc) is 2.55. The van der Waals surface area contributed by atoms with Gasteiger partial charge in [-0.1, -0.05) is 45.8 Å². The van der Waals surface area contributed by atoms with Crippen LogP contribution < -0.4 is 0 Å². The Balaban J connectivity index is 1.89. The van der Waals surface area contributed by atoms with Gasteiger partial charge in [0.1, 0.15) is 5.84 Å². The summed E-state index contributed by atoms with van der Waals surface area (Å²) in [6.45, 7) is 4.13. The zero-order valence-electron chi connectivity index (χ0n) is 13.6. The molecule has 1 aliphatic heterocycles. The largest absolute Gasteiger partial charge is 0.265 e. The molecule has 0 N–H and O–H groups in total. The molecule has 1 unspecified atom stereocenters. The van der Waals surface area contributed by atoms with Gasteiger partial charge >= 0.3 is 0 Å². The van der Waals surface area contributed by atoms with Crippen LogP contribution in [-0.2, 0) is 10.0 Å². The molecule has 0 fully saturated rings. The van der Waals surface area contributed by atoms with Crippen LogP contribution in [0.5, 0.6) is 0 Å². The summed E-state index contributed by atoms with van der Waals surface area (Å²) in [6.07, 6.45) is 0.666. The standard InChI is InChI=1S/C18H19BrN2O2S/c1-13-6-8-17(9-7-13)24(22,23)21-11-10-18(20-14(21)2)15-4-3-5-16(19)12-15/h3-9,12,18H,10-11H2,1-2H3. The van der Waals surface area contributed by atoms with Crippen LogP contribution >= 0.6 is 15.9 Å². The topological polar surface area (TPSA) is 49.7 Å². The summed E-state index contributed by atoms with van der Waals surface area (Å²) in [5, 5.41) is 0. The minimum Gasteiger partial charge on any atom is -0.264 e. The molecule has 0 bridgehead atoms. The first-order chi connectivity index (χ1) is 11.4. The molecule has 1 atom stereocenters. The number of nitrogens with zero attached hydrogens (tertiary/aromatic N) is 2. The summed E-state index contributed by atoms with van der Waals surface area (Å²) in [6, 6.07) is 14.9. The predicted molar refractivity (Wildman–Crippen MR) is 99.7 cm³/mol. The number of rotatable bonds is 3. The van der Waals surface area contributed by atoms with Crippen LogP contribution in [0.25, 0.3) is 0 Å². The van der Waals surface area contributed by atoms with Gasteiger partial charge in [0.25, 0.3) is 10.0 Å². The van der Waals surface area contributed by atoms with Gasteiger partial charge < -0.3 is 0 Å². The summed E-state index contributed by atoms with van der Waals surface area (Å²) >= 11 is 3.47. The maximum Gasteiger partial charge on any atom is 0.265 e. The third kappa shape index (κ3) is 3.39. The molecule has 4 nitrogen and oxygen atoms in total. The fourth-order valence-electron chi connectivity index (χ4n) is 2.84. The molecule has 1 aliphatic rings. The fraction of sp³-hybridized carbons (Fsp3) is 0.278. The molecule has 0 saturated carbocycles. The van der Waals surface area contributed by atoms with Gasteiger partial charge in [-0.05, 0) is 50.1 Å². The van der Waals surface area contributed by atoms with E-state index in [0.29, 0.717) is 23.7 Å². The maximum atomic E-state index is 12.8. The molecule has 126 valence electrons. The Kier molecular flexibility index (Phi) is 4.78. The van der Waals surface area contributed by atoms with Gasteiger partial charge in [0.2, 0.25) is 0 Å². The highest BCUT2D eigenvalue weighted by Gasteiger charge is 2.30. The van der Waals surface area contributed by atoms with Crippen molar-refractivity contribution in [3.05, 3.63) is 64.1 Å². The Morgan fingerprint density at radius 2 is 1.83 bits per heavy atom. The van der Waals surface area contributed by atoms with Crippen LogP contribution in [0.4, 0.5) is 0 Å². The first-order valence-electron chi connectivity index (χ1n) is 7.77. The Morgan fingerprint density at radius 1 is 1.12 bits per heavy atom. The van der Waals surface area contributed by atoms with Crippen molar-refractivity contribution in [1.82, 2.24) is 4.31 Å². The second-order valence-electron chi connectivity index (χ2n) is 5.93. The molecular weight excluding hydrogens is 388 g/mol. The highest BCUT2D eigenvalue weighted by molar-refractivity contribution is 9.10. The summed E-state index contributed by atoms with van der Waals surface area (Å²) in [4.78, 5) is 4.94. The van der Waals surface area contributed by atoms with Crippen LogP contribution in [0.1, 0.15) is 30.5 Å². The monoisotopic (exact) mass is 406 g/mol. The first-order valence-corrected chi connectivity index (χ1v) is 10.0. The number of hydrogen-bond donors (Lipinski definition) is 0. The minimum absolute atomic E-state index is 0.00744. The third-order valence-corrected chi connectivity index (χ3v) is 6.54. The second-order valence-corrected chi connectivity index (χ2v) is 8.70. The van der Waals surface area contributed by atoms with E-state index in [2.05, 4.69) is 20.9 Å². The van der Waals surface area contributed by atoms with E-state index in [4.69, 9.17) is 0 Å². The molecule has 3 rings (SSSR count). The molecule has 2 aromatic carbocycles. The number of sulfonamides is 1. The van der Waals surface area contributed by atoms with E-state index in [1.165, 1.54) is 4.31 Å². The smallest absolute Gasteiger partial charge is 0.264 e. The predicted octanol–water partition coefficient (Wildman–Crippen LogP) is 4.31. The zero-order chi connectivity index (χ0) is 17.3. The third-order valence-electron chi connectivity index (χ3n) is 4.15. The normalized spacial score (nSPS) is 18.4. The van der Waals surface area contributed by atoms with Crippen molar-refractivity contribution >= 4 is 31.8 Å². The van der Waals surface area contributed by atoms with Crippen LogP contribution in [0.15, 0.2) is 62.9 Å². The molecule has 0 aromatic heterocycles. The van der Waals surface area contributed by atoms with Gasteiger partial charge in [-0.3, -0.25) is 9.30 Å². The van der Waals surface area contributed by atoms with Gasteiger partial charge in [0.15, 0.2) is 0 Å². The number of amidine groups is 1. The molecule has 2 aromatic rings. The van der Waals surface area contributed by atoms with Crippen molar-refractivity contribution in [3.8, 4) is 0 Å². The lowest BCUT2D eigenvalue weighted by molar-refractivity contribution is 0.464. The molecule has 0 amide bonds. The van der Waals surface area contributed by atoms with Crippen molar-refractivity contribution in [2.75, 3.05) is 6.54 Å². The fourth-order valence-corrected chi connectivity index (χ4v) is 4.73. The van der Waals surface area contributed by atoms with Crippen LogP contribution in [-0.4, -0.2) is 25.1 Å². The summed E-state index contributed by atoms with van der Waals surface area (Å²) in [7, 11) is -3.55. The Labute approximate surface area is 151 Å². The van der Waals surface area contributed by atoms with E-state index in [1.54, 1.807) is 19.1 Å². The highest BCUT2D eigenvalue weighted by Crippen LogP contribution is 2.30. The van der Waals surface area contributed by atoms with E-state index in [9.17, 15) is 8.42 Å². The van der Waals surface area contributed by atoms with Gasteiger partial charge in [-0.15, -0.1) is 0 Å². The van der Waals surface area contributed by atoms with Gasteiger partial charge in [-0.2, -0.15) is 0 Å². The summed E-state index contributed by atoms with van der Waals surface area (Å²) in [5.74, 6) is 0.534. The quantitative estimate of drug-likeness (QED) is 0.761. The molecule has 24 heavy (non-hydrogen) atoms. The molecule has 0 saturated heterocycles. The highest BCUT2D eigenvalue weighted by atomic mass is 79.9. The molecule has 0 radical (unpaired) electrons. The van der Waals surface area contributed by atoms with Crippen molar-refractivity contribution in [1.29, 1.82) is 0 Å². The number of benzene rings is 2. The second kappa shape index (κ2) is 6.69. The Hall–Kier alpha value is -1.66. The lowest BCUT2D eigenvalue weighted by atomic mass is 10.0. The van der Waals surface area contributed by atoms with Gasteiger partial charge in [0, 0.05) is 11.0 Å². The number of aryl methyl sites for hydroxylation is 1. The van der Waals surface area contributed by atoms with E-state index in [-0.39, 0.29) is 6.04 Å². The van der Waals surface area contributed by atoms with Crippen LogP contribution in [0, 0.1) is 6.92 Å². The van der Waals surface area contributed by atoms with Gasteiger partial charge in [0.05, 0.1) is 10.9 Å². The van der Waals surface area contributed by atoms with Crippen molar-refractivity contribution in [2.45, 2.75) is 31.2 Å². The lowest BCUT2D eigenvalue weighted by Gasteiger charge is -2.30. The van der Waals surface area contributed by atoms with Crippen molar-refractivity contribution in [2.24, 2.45) is 4.99 Å². The summed E-state index contributed by atoms with van der Waals surface area (Å²) < 4.78 is 28.1. The van der Waals surface area contributed by atoms with Gasteiger partial charge in [-0.25, -0.2) is 8.42 Å². The lowest BCUT2D eigenvalue weighted by Crippen LogP contribution is -2.39. The SMILES string of the molecule is CC1=NC(c2cccc(Br)c2)CCN1S(=O)(=O)c1ccc(C)cc1. The minimum atomic E-state index is -3.55. The average molecular weight is 407 g/mol. The summed E-state index contributed by atoms with van der Waals surface area (Å²) in [5.41, 5.74) is 2.13. The Bertz CT molecular complexity index is 876. The van der Waals surface area contributed by atoms with Crippen molar-refractivity contribution < 1.29 is 8.42 Å². The number of hydrogen-bond acceptors (Lipinski definition) is 3. The molecular formula is C18H19BrN2O2S. The van der Waals surface area contributed by atoms with E-state index in [1.807, 2.05) is 43.3 Å². The van der Waals surface area contributed by atoms with E-state index >= 15 is 0 Å². The van der Waals surface area contributed by atoms with Crippen LogP contribution in [0.3, 0.4) is 0 Å². The Morgan fingerprint density at radius 3 is 2.46 bits per heavy atom. The zero-order valence-corrected chi connectivity index (χ0v) is 16.0. The molecule has 0 spiro atoms. The van der Waals surface area contributed by atoms with E-state index < -0.39 is 10.0 Å². The number of halogens is 1. The molecule has 1 heterocycles. The first kappa shape index (κ1) is 17.2.